The van der Waals surface area contributed by atoms with Crippen LogP contribution in [0.25, 0.3) is 0 Å². The lowest BCUT2D eigenvalue weighted by Gasteiger charge is -2.24. The number of hydrogen-bond donors (Lipinski definition) is 1. The van der Waals surface area contributed by atoms with Crippen LogP contribution in [0.3, 0.4) is 0 Å². The van der Waals surface area contributed by atoms with Crippen molar-refractivity contribution in [1.29, 1.82) is 0 Å². The summed E-state index contributed by atoms with van der Waals surface area (Å²) >= 11 is 0. The van der Waals surface area contributed by atoms with Gasteiger partial charge in [-0.2, -0.15) is 0 Å². The highest BCUT2D eigenvalue weighted by molar-refractivity contribution is 5.84. The van der Waals surface area contributed by atoms with E-state index >= 15 is 0 Å². The molecule has 0 aliphatic carbocycles. The maximum Gasteiger partial charge on any atom is 0.222 e. The molecule has 1 unspecified atom stereocenters. The molecular formula is C37H73NO3. The van der Waals surface area contributed by atoms with Crippen LogP contribution in [-0.2, 0) is 9.59 Å². The Morgan fingerprint density at radius 2 is 0.780 bits per heavy atom. The first-order valence-corrected chi connectivity index (χ1v) is 18.5. The van der Waals surface area contributed by atoms with Crippen LogP contribution in [0.4, 0.5) is 0 Å². The van der Waals surface area contributed by atoms with Crippen molar-refractivity contribution in [2.24, 2.45) is 0 Å². The highest BCUT2D eigenvalue weighted by Crippen LogP contribution is 2.15. The van der Waals surface area contributed by atoms with Crippen molar-refractivity contribution in [3.8, 4) is 0 Å². The van der Waals surface area contributed by atoms with Gasteiger partial charge in [0.05, 0.1) is 6.54 Å². The minimum absolute atomic E-state index is 0.0945. The van der Waals surface area contributed by atoms with Gasteiger partial charge in [-0.05, 0) is 19.3 Å². The molecule has 0 rings (SSSR count). The van der Waals surface area contributed by atoms with Gasteiger partial charge in [0, 0.05) is 19.4 Å². The third-order valence-corrected chi connectivity index (χ3v) is 8.63. The van der Waals surface area contributed by atoms with Gasteiger partial charge in [0.1, 0.15) is 6.10 Å². The van der Waals surface area contributed by atoms with Gasteiger partial charge in [-0.1, -0.05) is 175 Å². The van der Waals surface area contributed by atoms with E-state index in [1.807, 2.05) is 6.92 Å². The topological polar surface area (TPSA) is 57.6 Å². The van der Waals surface area contributed by atoms with E-state index in [0.717, 1.165) is 32.1 Å². The first-order valence-electron chi connectivity index (χ1n) is 18.5. The molecule has 0 saturated heterocycles. The Kier molecular flexibility index (Phi) is 31.3. The third-order valence-electron chi connectivity index (χ3n) is 8.63. The number of ketones is 1. The molecule has 1 N–H and O–H groups in total. The van der Waals surface area contributed by atoms with Crippen LogP contribution in [0.2, 0.25) is 0 Å². The first kappa shape index (κ1) is 40.1. The number of carbonyl (C=O) groups excluding carboxylic acids is 2. The van der Waals surface area contributed by atoms with Crippen LogP contribution in [0.15, 0.2) is 0 Å². The maximum absolute atomic E-state index is 12.8. The van der Waals surface area contributed by atoms with E-state index in [4.69, 9.17) is 0 Å². The number of unbranched alkanes of at least 4 members (excludes halogenated alkanes) is 24. The van der Waals surface area contributed by atoms with Gasteiger partial charge < -0.3 is 10.0 Å². The summed E-state index contributed by atoms with van der Waals surface area (Å²) in [5.74, 6) is 0.00525. The summed E-state index contributed by atoms with van der Waals surface area (Å²) < 4.78 is 0. The number of rotatable bonds is 33. The van der Waals surface area contributed by atoms with Gasteiger partial charge in [0.15, 0.2) is 5.78 Å². The summed E-state index contributed by atoms with van der Waals surface area (Å²) in [5, 5.41) is 10.5. The lowest BCUT2D eigenvalue weighted by Crippen LogP contribution is -2.41. The molecule has 0 bridgehead atoms. The molecule has 0 fully saturated rings. The number of aliphatic hydroxyl groups is 1. The summed E-state index contributed by atoms with van der Waals surface area (Å²) in [6.07, 6.45) is 34.3. The van der Waals surface area contributed by atoms with Crippen LogP contribution in [0, 0.1) is 0 Å². The zero-order valence-corrected chi connectivity index (χ0v) is 28.2. The Hall–Kier alpha value is -0.900. The average Bonchev–Trinajstić information content (AvgIpc) is 2.97. The molecule has 0 heterocycles. The van der Waals surface area contributed by atoms with Crippen molar-refractivity contribution >= 4 is 11.7 Å². The molecule has 41 heavy (non-hydrogen) atoms. The van der Waals surface area contributed by atoms with E-state index in [9.17, 15) is 14.7 Å². The Bertz CT molecular complexity index is 564. The van der Waals surface area contributed by atoms with Gasteiger partial charge in [-0.25, -0.2) is 0 Å². The molecule has 0 aliphatic rings. The van der Waals surface area contributed by atoms with Crippen LogP contribution in [-0.4, -0.2) is 40.9 Å². The normalized spacial score (nSPS) is 12.1. The summed E-state index contributed by atoms with van der Waals surface area (Å²) in [6, 6.07) is 0. The molecule has 0 spiro atoms. The molecular weight excluding hydrogens is 506 g/mol. The minimum Gasteiger partial charge on any atom is -0.383 e. The quantitative estimate of drug-likeness (QED) is 0.0787. The van der Waals surface area contributed by atoms with E-state index in [1.54, 1.807) is 4.90 Å². The zero-order valence-electron chi connectivity index (χ0n) is 28.2. The molecule has 0 saturated carbocycles. The first-order chi connectivity index (χ1) is 20.1. The second-order valence-electron chi connectivity index (χ2n) is 12.8. The van der Waals surface area contributed by atoms with Crippen molar-refractivity contribution in [2.75, 3.05) is 13.1 Å². The van der Waals surface area contributed by atoms with Gasteiger partial charge >= 0.3 is 0 Å². The van der Waals surface area contributed by atoms with Crippen molar-refractivity contribution in [3.63, 3.8) is 0 Å². The smallest absolute Gasteiger partial charge is 0.222 e. The molecule has 1 amide bonds. The number of amides is 1. The fraction of sp³-hybridized carbons (Fsp3) is 0.946. The van der Waals surface area contributed by atoms with Crippen molar-refractivity contribution in [1.82, 2.24) is 4.90 Å². The van der Waals surface area contributed by atoms with E-state index in [1.165, 1.54) is 141 Å². The third kappa shape index (κ3) is 27.7. The maximum atomic E-state index is 12.8. The van der Waals surface area contributed by atoms with Crippen LogP contribution in [0.1, 0.15) is 207 Å². The Morgan fingerprint density at radius 3 is 1.12 bits per heavy atom. The van der Waals surface area contributed by atoms with Gasteiger partial charge in [-0.3, -0.25) is 9.59 Å². The molecule has 0 aromatic carbocycles. The van der Waals surface area contributed by atoms with Crippen molar-refractivity contribution < 1.29 is 14.7 Å². The fourth-order valence-electron chi connectivity index (χ4n) is 5.83. The van der Waals surface area contributed by atoms with Crippen molar-refractivity contribution in [2.45, 2.75) is 213 Å². The van der Waals surface area contributed by atoms with E-state index in [0.29, 0.717) is 19.4 Å². The molecule has 0 radical (unpaired) electrons. The lowest BCUT2D eigenvalue weighted by atomic mass is 10.0. The molecule has 244 valence electrons. The largest absolute Gasteiger partial charge is 0.383 e. The van der Waals surface area contributed by atoms with E-state index < -0.39 is 6.10 Å². The summed E-state index contributed by atoms with van der Waals surface area (Å²) in [4.78, 5) is 27.0. The van der Waals surface area contributed by atoms with E-state index in [2.05, 4.69) is 13.8 Å². The zero-order chi connectivity index (χ0) is 30.2. The lowest BCUT2D eigenvalue weighted by molar-refractivity contribution is -0.136. The number of aliphatic hydroxyl groups excluding tert-OH is 1. The SMILES string of the molecule is CCCCCCCCCCCCCCCC(=O)C(O)CN(CCC)C(=O)CCCCCCCCCCCCCCC. The standard InChI is InChI=1S/C37H73NO3/c1-4-7-9-11-13-15-17-19-21-23-25-27-29-31-35(39)36(40)34-38(33-6-3)37(41)32-30-28-26-24-22-20-18-16-14-12-10-8-5-2/h36,40H,4-34H2,1-3H3. The molecule has 1 atom stereocenters. The Morgan fingerprint density at radius 1 is 0.463 bits per heavy atom. The van der Waals surface area contributed by atoms with Crippen molar-refractivity contribution in [3.05, 3.63) is 0 Å². The number of carbonyl (C=O) groups is 2. The average molecular weight is 580 g/mol. The predicted molar refractivity (Wildman–Crippen MR) is 179 cm³/mol. The van der Waals surface area contributed by atoms with Crippen LogP contribution in [0.5, 0.6) is 0 Å². The number of hydrogen-bond acceptors (Lipinski definition) is 3. The highest BCUT2D eigenvalue weighted by atomic mass is 16.3. The monoisotopic (exact) mass is 580 g/mol. The molecule has 0 aliphatic heterocycles. The van der Waals surface area contributed by atoms with Gasteiger partial charge in [0.2, 0.25) is 5.91 Å². The molecule has 4 heteroatoms. The number of nitrogens with zero attached hydrogens (tertiary/aromatic N) is 1. The molecule has 0 aromatic rings. The minimum atomic E-state index is -1.03. The molecule has 4 nitrogen and oxygen atoms in total. The summed E-state index contributed by atoms with van der Waals surface area (Å²) in [5.41, 5.74) is 0. The van der Waals surface area contributed by atoms with Crippen LogP contribution >= 0.6 is 0 Å². The summed E-state index contributed by atoms with van der Waals surface area (Å²) in [7, 11) is 0. The number of Topliss-reactive ketones (excluding diaryl/α,β-unsaturated/α-hetero) is 1. The van der Waals surface area contributed by atoms with E-state index in [-0.39, 0.29) is 18.2 Å². The van der Waals surface area contributed by atoms with Crippen LogP contribution < -0.4 is 0 Å². The fourth-order valence-corrected chi connectivity index (χ4v) is 5.83. The molecule has 0 aromatic heterocycles. The second kappa shape index (κ2) is 32.0. The van der Waals surface area contributed by atoms with Gasteiger partial charge in [-0.15, -0.1) is 0 Å². The van der Waals surface area contributed by atoms with Gasteiger partial charge in [0.25, 0.3) is 0 Å². The predicted octanol–water partition coefficient (Wildman–Crippen LogP) is 11.1. The highest BCUT2D eigenvalue weighted by Gasteiger charge is 2.21. The summed E-state index contributed by atoms with van der Waals surface area (Å²) in [6.45, 7) is 7.38. The second-order valence-corrected chi connectivity index (χ2v) is 12.8. The Balaban J connectivity index is 3.80. The Labute approximate surface area is 257 Å².